The number of allylic oxidation sites excluding steroid dienone is 1. The number of carbonyl (C=O) groups is 4. The van der Waals surface area contributed by atoms with Crippen LogP contribution >= 0.6 is 15.9 Å². The maximum Gasteiger partial charge on any atom is 0.313 e. The number of β-amino-alcohol motifs (C(OH)–C–C–N with tert-alkyl or cyclic N) is 1. The highest BCUT2D eigenvalue weighted by Gasteiger charge is 2.77. The third-order valence-electron chi connectivity index (χ3n) is 8.57. The first-order chi connectivity index (χ1) is 20.7. The van der Waals surface area contributed by atoms with Gasteiger partial charge >= 0.3 is 5.97 Å². The number of alkyl halides is 1. The third kappa shape index (κ3) is 6.58. The SMILES string of the molecule is C=CCCC(=O)NC[C@H](OC(=O)[C@H]1[C@@H]2O[C@@]3(CC2Br)[C@@H]1C(=O)N(CCO)[C@@H]3C(=O)N(CC=C)CCCC)c1ccccc1. The lowest BCUT2D eigenvalue weighted by atomic mass is 9.70. The summed E-state index contributed by atoms with van der Waals surface area (Å²) < 4.78 is 12.6. The van der Waals surface area contributed by atoms with Gasteiger partial charge in [0.25, 0.3) is 0 Å². The van der Waals surface area contributed by atoms with E-state index in [0.29, 0.717) is 31.5 Å². The second-order valence-corrected chi connectivity index (χ2v) is 12.5. The lowest BCUT2D eigenvalue weighted by molar-refractivity contribution is -0.160. The Balaban J connectivity index is 1.63. The number of aliphatic hydroxyl groups excluding tert-OH is 1. The highest BCUT2D eigenvalue weighted by atomic mass is 79.9. The van der Waals surface area contributed by atoms with Crippen molar-refractivity contribution in [3.05, 3.63) is 61.2 Å². The summed E-state index contributed by atoms with van der Waals surface area (Å²) in [5.41, 5.74) is -0.559. The second-order valence-electron chi connectivity index (χ2n) is 11.3. The second kappa shape index (κ2) is 14.6. The first-order valence-electron chi connectivity index (χ1n) is 15.0. The van der Waals surface area contributed by atoms with E-state index in [2.05, 4.69) is 34.4 Å². The van der Waals surface area contributed by atoms with Crippen LogP contribution in [0.4, 0.5) is 0 Å². The fourth-order valence-corrected chi connectivity index (χ4v) is 7.58. The van der Waals surface area contributed by atoms with Gasteiger partial charge in [0.2, 0.25) is 17.7 Å². The van der Waals surface area contributed by atoms with Gasteiger partial charge in [0, 0.05) is 30.9 Å². The molecule has 3 saturated heterocycles. The first-order valence-corrected chi connectivity index (χ1v) is 15.9. The summed E-state index contributed by atoms with van der Waals surface area (Å²) in [4.78, 5) is 57.2. The van der Waals surface area contributed by atoms with Crippen molar-refractivity contribution in [2.24, 2.45) is 11.8 Å². The molecule has 0 aliphatic carbocycles. The molecule has 2 N–H and O–H groups in total. The number of ether oxygens (including phenoxy) is 2. The van der Waals surface area contributed by atoms with E-state index >= 15 is 0 Å². The lowest BCUT2D eigenvalue weighted by Gasteiger charge is -2.37. The molecule has 0 aromatic heterocycles. The maximum absolute atomic E-state index is 14.1. The quantitative estimate of drug-likeness (QED) is 0.159. The summed E-state index contributed by atoms with van der Waals surface area (Å²) in [6.45, 7) is 9.92. The van der Waals surface area contributed by atoms with Gasteiger partial charge in [-0.1, -0.05) is 71.8 Å². The van der Waals surface area contributed by atoms with E-state index in [0.717, 1.165) is 12.8 Å². The minimum atomic E-state index is -1.25. The molecule has 0 saturated carbocycles. The van der Waals surface area contributed by atoms with E-state index in [9.17, 15) is 24.3 Å². The third-order valence-corrected chi connectivity index (χ3v) is 9.41. The minimum Gasteiger partial charge on any atom is -0.455 e. The van der Waals surface area contributed by atoms with Crippen LogP contribution in [0.3, 0.4) is 0 Å². The number of esters is 1. The molecular weight excluding hydrogens is 618 g/mol. The Labute approximate surface area is 261 Å². The van der Waals surface area contributed by atoms with Crippen molar-refractivity contribution in [1.29, 1.82) is 0 Å². The fraction of sp³-hybridized carbons (Fsp3) is 0.562. The van der Waals surface area contributed by atoms with E-state index in [1.165, 1.54) is 4.90 Å². The molecule has 3 fully saturated rings. The molecule has 1 aromatic rings. The van der Waals surface area contributed by atoms with Gasteiger partial charge in [-0.25, -0.2) is 0 Å². The summed E-state index contributed by atoms with van der Waals surface area (Å²) in [5, 5.41) is 12.7. The number of nitrogens with zero attached hydrogens (tertiary/aromatic N) is 2. The van der Waals surface area contributed by atoms with Gasteiger partial charge in [-0.15, -0.1) is 13.2 Å². The predicted octanol–water partition coefficient (Wildman–Crippen LogP) is 2.91. The number of halogens is 1. The fourth-order valence-electron chi connectivity index (χ4n) is 6.64. The van der Waals surface area contributed by atoms with Crippen LogP contribution in [-0.4, -0.2) is 94.0 Å². The summed E-state index contributed by atoms with van der Waals surface area (Å²) in [5.74, 6) is -3.44. The van der Waals surface area contributed by atoms with Crippen molar-refractivity contribution < 1.29 is 33.8 Å². The number of benzene rings is 1. The average molecular weight is 661 g/mol. The number of rotatable bonds is 16. The number of unbranched alkanes of at least 4 members (excludes halogenated alkanes) is 1. The van der Waals surface area contributed by atoms with Crippen molar-refractivity contribution in [3.8, 4) is 0 Å². The van der Waals surface area contributed by atoms with Crippen LogP contribution in [0.2, 0.25) is 0 Å². The molecule has 3 aliphatic rings. The Morgan fingerprint density at radius 2 is 2.02 bits per heavy atom. The zero-order chi connectivity index (χ0) is 31.1. The molecule has 43 heavy (non-hydrogen) atoms. The Bertz CT molecular complexity index is 1200. The Morgan fingerprint density at radius 3 is 2.67 bits per heavy atom. The molecule has 7 atom stereocenters. The normalized spacial score (nSPS) is 27.8. The maximum atomic E-state index is 14.1. The van der Waals surface area contributed by atoms with E-state index < -0.39 is 47.6 Å². The number of amides is 3. The van der Waals surface area contributed by atoms with Crippen molar-refractivity contribution in [2.45, 2.75) is 67.7 Å². The van der Waals surface area contributed by atoms with Crippen LogP contribution < -0.4 is 5.32 Å². The van der Waals surface area contributed by atoms with Crippen LogP contribution in [-0.2, 0) is 28.7 Å². The van der Waals surface area contributed by atoms with Crippen molar-refractivity contribution >= 4 is 39.6 Å². The molecule has 3 aliphatic heterocycles. The van der Waals surface area contributed by atoms with E-state index in [1.807, 2.05) is 37.3 Å². The van der Waals surface area contributed by atoms with Crippen molar-refractivity contribution in [1.82, 2.24) is 15.1 Å². The number of hydrogen-bond donors (Lipinski definition) is 2. The van der Waals surface area contributed by atoms with Gasteiger partial charge in [0.1, 0.15) is 17.7 Å². The highest BCUT2D eigenvalue weighted by Crippen LogP contribution is 2.60. The molecular formula is C32H42BrN3O7. The van der Waals surface area contributed by atoms with Crippen molar-refractivity contribution in [2.75, 3.05) is 32.8 Å². The van der Waals surface area contributed by atoms with Crippen LogP contribution in [0.5, 0.6) is 0 Å². The number of fused-ring (bicyclic) bond motifs is 1. The molecule has 1 spiro atoms. The van der Waals surface area contributed by atoms with Crippen molar-refractivity contribution in [3.63, 3.8) is 0 Å². The molecule has 3 amide bonds. The molecule has 1 aromatic carbocycles. The molecule has 234 valence electrons. The minimum absolute atomic E-state index is 0.0527. The van der Waals surface area contributed by atoms with Crippen LogP contribution in [0, 0.1) is 11.8 Å². The number of carbonyl (C=O) groups excluding carboxylic acids is 4. The first kappa shape index (κ1) is 32.9. The van der Waals surface area contributed by atoms with E-state index in [-0.39, 0.29) is 42.8 Å². The molecule has 2 bridgehead atoms. The van der Waals surface area contributed by atoms with Gasteiger partial charge in [-0.3, -0.25) is 19.2 Å². The summed E-state index contributed by atoms with van der Waals surface area (Å²) in [6.07, 6.45) is 4.62. The van der Waals surface area contributed by atoms with Gasteiger partial charge in [0.15, 0.2) is 0 Å². The number of hydrogen-bond acceptors (Lipinski definition) is 7. The molecule has 4 rings (SSSR count). The summed E-state index contributed by atoms with van der Waals surface area (Å²) >= 11 is 3.67. The Kier molecular flexibility index (Phi) is 11.2. The number of aliphatic hydroxyl groups is 1. The van der Waals surface area contributed by atoms with Crippen LogP contribution in [0.25, 0.3) is 0 Å². The van der Waals surface area contributed by atoms with Gasteiger partial charge in [-0.05, 0) is 24.8 Å². The van der Waals surface area contributed by atoms with Gasteiger partial charge < -0.3 is 29.7 Å². The van der Waals surface area contributed by atoms with E-state index in [1.54, 1.807) is 17.1 Å². The topological polar surface area (TPSA) is 125 Å². The Hall–Kier alpha value is -3.02. The zero-order valence-electron chi connectivity index (χ0n) is 24.7. The summed E-state index contributed by atoms with van der Waals surface area (Å²) in [7, 11) is 0. The Morgan fingerprint density at radius 1 is 1.28 bits per heavy atom. The average Bonchev–Trinajstić information content (AvgIpc) is 3.59. The lowest BCUT2D eigenvalue weighted by Crippen LogP contribution is -2.57. The molecule has 0 radical (unpaired) electrons. The molecule has 3 heterocycles. The molecule has 1 unspecified atom stereocenters. The largest absolute Gasteiger partial charge is 0.455 e. The summed E-state index contributed by atoms with van der Waals surface area (Å²) in [6, 6.07) is 8.10. The van der Waals surface area contributed by atoms with E-state index in [4.69, 9.17) is 9.47 Å². The smallest absolute Gasteiger partial charge is 0.313 e. The highest BCUT2D eigenvalue weighted by molar-refractivity contribution is 9.09. The zero-order valence-corrected chi connectivity index (χ0v) is 26.2. The van der Waals surface area contributed by atoms with Crippen LogP contribution in [0.1, 0.15) is 50.7 Å². The van der Waals surface area contributed by atoms with Gasteiger partial charge in [-0.2, -0.15) is 0 Å². The predicted molar refractivity (Wildman–Crippen MR) is 164 cm³/mol. The monoisotopic (exact) mass is 659 g/mol. The molecule has 11 heteroatoms. The standard InChI is InChI=1S/C32H42BrN3O7/c1-4-7-14-24(38)34-20-23(21-12-10-9-11-13-21)42-31(41)25-26-29(39)36(17-18-37)28(32(26)19-22(33)27(25)43-32)30(40)35(15-6-3)16-8-5-2/h4,6,9-13,22-23,25-28,37H,1,3,5,7-8,14-20H2,2H3,(H,34,38)/t22?,23-,25+,26-,27+,28+,32-/m0/s1. The van der Waals surface area contributed by atoms with Crippen LogP contribution in [0.15, 0.2) is 55.6 Å². The number of likely N-dealkylation sites (tertiary alicyclic amines) is 1. The number of nitrogens with one attached hydrogen (secondary N) is 1. The molecule has 10 nitrogen and oxygen atoms in total. The van der Waals surface area contributed by atoms with Gasteiger partial charge in [0.05, 0.1) is 31.1 Å².